The van der Waals surface area contributed by atoms with E-state index in [0.29, 0.717) is 5.69 Å². The highest BCUT2D eigenvalue weighted by molar-refractivity contribution is 5.95. The Morgan fingerprint density at radius 3 is 2.83 bits per heavy atom. The lowest BCUT2D eigenvalue weighted by molar-refractivity contribution is -0.115. The molecule has 1 heterocycles. The third-order valence-electron chi connectivity index (χ3n) is 3.37. The van der Waals surface area contributed by atoms with E-state index in [1.54, 1.807) is 18.3 Å². The van der Waals surface area contributed by atoms with Crippen LogP contribution in [-0.2, 0) is 11.2 Å². The van der Waals surface area contributed by atoms with Gasteiger partial charge in [0.15, 0.2) is 0 Å². The van der Waals surface area contributed by atoms with E-state index >= 15 is 0 Å². The molecule has 3 aromatic rings. The van der Waals surface area contributed by atoms with Gasteiger partial charge in [0, 0.05) is 28.9 Å². The average molecular weight is 316 g/mol. The first-order chi connectivity index (χ1) is 11.1. The molecule has 0 aliphatic heterocycles. The number of benzene rings is 2. The normalized spacial score (nSPS) is 10.9. The molecule has 1 amide bonds. The van der Waals surface area contributed by atoms with Crippen LogP contribution in [0.4, 0.5) is 14.5 Å². The van der Waals surface area contributed by atoms with Gasteiger partial charge in [0.25, 0.3) is 0 Å². The number of alkyl halides is 2. The van der Waals surface area contributed by atoms with Crippen molar-refractivity contribution in [3.05, 3.63) is 60.3 Å². The van der Waals surface area contributed by atoms with Crippen molar-refractivity contribution < 1.29 is 18.3 Å². The predicted octanol–water partition coefficient (Wildman–Crippen LogP) is 3.95. The Kier molecular flexibility index (Phi) is 4.23. The summed E-state index contributed by atoms with van der Waals surface area (Å²) >= 11 is 0. The van der Waals surface area contributed by atoms with Crippen LogP contribution in [0, 0.1) is 0 Å². The highest BCUT2D eigenvalue weighted by Gasteiger charge is 2.10. The van der Waals surface area contributed by atoms with Crippen molar-refractivity contribution in [3.63, 3.8) is 0 Å². The van der Waals surface area contributed by atoms with Gasteiger partial charge in [0.05, 0.1) is 6.42 Å². The maximum absolute atomic E-state index is 12.2. The molecule has 0 fully saturated rings. The van der Waals surface area contributed by atoms with Gasteiger partial charge >= 0.3 is 6.61 Å². The third kappa shape index (κ3) is 3.66. The Morgan fingerprint density at radius 2 is 2.00 bits per heavy atom. The Hall–Kier alpha value is -2.89. The van der Waals surface area contributed by atoms with Crippen LogP contribution in [-0.4, -0.2) is 17.5 Å². The molecule has 6 heteroatoms. The molecular weight excluding hydrogens is 302 g/mol. The second-order valence-corrected chi connectivity index (χ2v) is 4.99. The zero-order valence-electron chi connectivity index (χ0n) is 12.1. The number of carbonyl (C=O) groups is 1. The lowest BCUT2D eigenvalue weighted by Crippen LogP contribution is -2.14. The number of anilines is 1. The summed E-state index contributed by atoms with van der Waals surface area (Å²) in [5, 5.41) is 3.66. The Labute approximate surface area is 131 Å². The Balaban J connectivity index is 1.70. The molecule has 2 N–H and O–H groups in total. The molecule has 23 heavy (non-hydrogen) atoms. The number of hydrogen-bond donors (Lipinski definition) is 2. The van der Waals surface area contributed by atoms with E-state index in [4.69, 9.17) is 0 Å². The highest BCUT2D eigenvalue weighted by atomic mass is 19.3. The first-order valence-corrected chi connectivity index (χ1v) is 7.01. The SMILES string of the molecule is O=C(Cc1c[nH]c2ccccc12)Nc1cccc(OC(F)F)c1. The summed E-state index contributed by atoms with van der Waals surface area (Å²) in [7, 11) is 0. The van der Waals surface area contributed by atoms with E-state index in [9.17, 15) is 13.6 Å². The van der Waals surface area contributed by atoms with E-state index in [2.05, 4.69) is 15.0 Å². The molecule has 2 aromatic carbocycles. The zero-order chi connectivity index (χ0) is 16.2. The number of fused-ring (bicyclic) bond motifs is 1. The largest absolute Gasteiger partial charge is 0.435 e. The van der Waals surface area contributed by atoms with Gasteiger partial charge in [0.1, 0.15) is 5.75 Å². The van der Waals surface area contributed by atoms with E-state index in [1.165, 1.54) is 12.1 Å². The van der Waals surface area contributed by atoms with E-state index < -0.39 is 6.61 Å². The summed E-state index contributed by atoms with van der Waals surface area (Å²) in [6.07, 6.45) is 1.98. The fourth-order valence-electron chi connectivity index (χ4n) is 2.41. The first-order valence-electron chi connectivity index (χ1n) is 7.01. The molecule has 0 spiro atoms. The number of nitrogens with one attached hydrogen (secondary N) is 2. The van der Waals surface area contributed by atoms with Crippen LogP contribution in [0.15, 0.2) is 54.7 Å². The van der Waals surface area contributed by atoms with Gasteiger partial charge in [0.2, 0.25) is 5.91 Å². The molecule has 0 radical (unpaired) electrons. The lowest BCUT2D eigenvalue weighted by atomic mass is 10.1. The van der Waals surface area contributed by atoms with Crippen LogP contribution in [0.2, 0.25) is 0 Å². The second-order valence-electron chi connectivity index (χ2n) is 4.99. The first kappa shape index (κ1) is 15.0. The maximum atomic E-state index is 12.2. The molecule has 0 bridgehead atoms. The number of carbonyl (C=O) groups excluding carboxylic acids is 1. The van der Waals surface area contributed by atoms with Crippen LogP contribution >= 0.6 is 0 Å². The minimum Gasteiger partial charge on any atom is -0.435 e. The summed E-state index contributed by atoms with van der Waals surface area (Å²) < 4.78 is 28.7. The standard InChI is InChI=1S/C17H14F2N2O2/c18-17(19)23-13-5-3-4-12(9-13)21-16(22)8-11-10-20-15-7-2-1-6-14(11)15/h1-7,9-10,17,20H,8H2,(H,21,22). The summed E-state index contributed by atoms with van der Waals surface area (Å²) in [5.41, 5.74) is 2.24. The van der Waals surface area contributed by atoms with Gasteiger partial charge in [-0.2, -0.15) is 8.78 Å². The molecular formula is C17H14F2N2O2. The summed E-state index contributed by atoms with van der Waals surface area (Å²) in [5.74, 6) is -0.228. The van der Waals surface area contributed by atoms with Gasteiger partial charge in [-0.1, -0.05) is 24.3 Å². The third-order valence-corrected chi connectivity index (χ3v) is 3.37. The Morgan fingerprint density at radius 1 is 1.17 bits per heavy atom. The van der Waals surface area contributed by atoms with Crippen molar-refractivity contribution in [1.82, 2.24) is 4.98 Å². The van der Waals surface area contributed by atoms with Crippen LogP contribution in [0.1, 0.15) is 5.56 Å². The fraction of sp³-hybridized carbons (Fsp3) is 0.118. The van der Waals surface area contributed by atoms with Gasteiger partial charge in [-0.25, -0.2) is 0 Å². The van der Waals surface area contributed by atoms with Crippen LogP contribution in [0.25, 0.3) is 10.9 Å². The number of para-hydroxylation sites is 1. The van der Waals surface area contributed by atoms with Gasteiger partial charge in [-0.15, -0.1) is 0 Å². The molecule has 0 aliphatic rings. The fourth-order valence-corrected chi connectivity index (χ4v) is 2.41. The molecule has 0 atom stereocenters. The van der Waals surface area contributed by atoms with Crippen molar-refractivity contribution in [2.24, 2.45) is 0 Å². The number of halogens is 2. The number of ether oxygens (including phenoxy) is 1. The van der Waals surface area contributed by atoms with Gasteiger partial charge < -0.3 is 15.0 Å². The lowest BCUT2D eigenvalue weighted by Gasteiger charge is -2.08. The number of rotatable bonds is 5. The molecule has 3 rings (SSSR count). The van der Waals surface area contributed by atoms with Crippen molar-refractivity contribution in [2.45, 2.75) is 13.0 Å². The van der Waals surface area contributed by atoms with E-state index in [1.807, 2.05) is 24.3 Å². The van der Waals surface area contributed by atoms with E-state index in [-0.39, 0.29) is 18.1 Å². The topological polar surface area (TPSA) is 54.1 Å². The van der Waals surface area contributed by atoms with Crippen LogP contribution in [0.5, 0.6) is 5.75 Å². The highest BCUT2D eigenvalue weighted by Crippen LogP contribution is 2.21. The van der Waals surface area contributed by atoms with E-state index in [0.717, 1.165) is 16.5 Å². The summed E-state index contributed by atoms with van der Waals surface area (Å²) in [6.45, 7) is -2.90. The van der Waals surface area contributed by atoms with Crippen molar-refractivity contribution >= 4 is 22.5 Å². The quantitative estimate of drug-likeness (QED) is 0.749. The molecule has 1 aromatic heterocycles. The molecule has 4 nitrogen and oxygen atoms in total. The number of aromatic nitrogens is 1. The number of aromatic amines is 1. The monoisotopic (exact) mass is 316 g/mol. The second kappa shape index (κ2) is 6.48. The number of amides is 1. The summed E-state index contributed by atoms with van der Waals surface area (Å²) in [4.78, 5) is 15.2. The maximum Gasteiger partial charge on any atom is 0.387 e. The smallest absolute Gasteiger partial charge is 0.387 e. The Bertz CT molecular complexity index is 830. The number of H-pyrrole nitrogens is 1. The minimum absolute atomic E-state index is 0.00453. The molecule has 0 saturated carbocycles. The number of hydrogen-bond acceptors (Lipinski definition) is 2. The minimum atomic E-state index is -2.90. The average Bonchev–Trinajstić information content (AvgIpc) is 2.90. The van der Waals surface area contributed by atoms with Crippen molar-refractivity contribution in [3.8, 4) is 5.75 Å². The molecule has 0 saturated heterocycles. The van der Waals surface area contributed by atoms with Crippen LogP contribution in [0.3, 0.4) is 0 Å². The molecule has 0 unspecified atom stereocenters. The van der Waals surface area contributed by atoms with Crippen molar-refractivity contribution in [2.75, 3.05) is 5.32 Å². The predicted molar refractivity (Wildman–Crippen MR) is 83.7 cm³/mol. The van der Waals surface area contributed by atoms with Gasteiger partial charge in [-0.3, -0.25) is 4.79 Å². The van der Waals surface area contributed by atoms with Gasteiger partial charge in [-0.05, 0) is 23.8 Å². The van der Waals surface area contributed by atoms with Crippen molar-refractivity contribution in [1.29, 1.82) is 0 Å². The molecule has 118 valence electrons. The molecule has 0 aliphatic carbocycles. The zero-order valence-corrected chi connectivity index (χ0v) is 12.1. The van der Waals surface area contributed by atoms with Crippen LogP contribution < -0.4 is 10.1 Å². The summed E-state index contributed by atoms with van der Waals surface area (Å²) in [6, 6.07) is 13.6.